The molecule has 0 radical (unpaired) electrons. The standard InChI is InChI=1S/C14H20BrN3O2/c1-17(8-9-18-6-4-16-5-7-18)14(20)12-3-2-11(15)10-13(12)19/h2-3,10,16,19H,4-9H2,1H3. The van der Waals surface area contributed by atoms with Crippen LogP contribution in [0.15, 0.2) is 22.7 Å². The zero-order chi connectivity index (χ0) is 14.5. The number of nitrogens with one attached hydrogen (secondary N) is 1. The predicted molar refractivity (Wildman–Crippen MR) is 82.1 cm³/mol. The fourth-order valence-electron chi connectivity index (χ4n) is 2.22. The molecule has 1 aliphatic rings. The predicted octanol–water partition coefficient (Wildman–Crippen LogP) is 1.13. The van der Waals surface area contributed by atoms with Crippen molar-refractivity contribution in [3.05, 3.63) is 28.2 Å². The number of piperazine rings is 1. The molecule has 0 spiro atoms. The van der Waals surface area contributed by atoms with Crippen LogP contribution in [0.5, 0.6) is 5.75 Å². The number of carbonyl (C=O) groups excluding carboxylic acids is 1. The Morgan fingerprint density at radius 1 is 1.45 bits per heavy atom. The second kappa shape index (κ2) is 7.06. The number of likely N-dealkylation sites (N-methyl/N-ethyl adjacent to an activating group) is 1. The minimum atomic E-state index is -0.148. The Kier molecular flexibility index (Phi) is 5.39. The Morgan fingerprint density at radius 3 is 2.80 bits per heavy atom. The summed E-state index contributed by atoms with van der Waals surface area (Å²) in [6, 6.07) is 4.94. The molecule has 0 unspecified atom stereocenters. The van der Waals surface area contributed by atoms with Gasteiger partial charge in [0.05, 0.1) is 5.56 Å². The highest BCUT2D eigenvalue weighted by atomic mass is 79.9. The van der Waals surface area contributed by atoms with Crippen LogP contribution in [0, 0.1) is 0 Å². The first kappa shape index (κ1) is 15.3. The number of hydrogen-bond acceptors (Lipinski definition) is 4. The van der Waals surface area contributed by atoms with Gasteiger partial charge in [0.2, 0.25) is 0 Å². The molecule has 6 heteroatoms. The van der Waals surface area contributed by atoms with E-state index in [4.69, 9.17) is 0 Å². The van der Waals surface area contributed by atoms with Gasteiger partial charge in [-0.2, -0.15) is 0 Å². The van der Waals surface area contributed by atoms with Crippen LogP contribution in [0.4, 0.5) is 0 Å². The lowest BCUT2D eigenvalue weighted by atomic mass is 10.2. The zero-order valence-electron chi connectivity index (χ0n) is 11.6. The van der Waals surface area contributed by atoms with E-state index in [1.807, 2.05) is 0 Å². The van der Waals surface area contributed by atoms with E-state index in [-0.39, 0.29) is 11.7 Å². The van der Waals surface area contributed by atoms with Crippen LogP contribution in [-0.4, -0.2) is 67.1 Å². The Balaban J connectivity index is 1.90. The average molecular weight is 342 g/mol. The number of carbonyl (C=O) groups is 1. The van der Waals surface area contributed by atoms with E-state index in [2.05, 4.69) is 26.1 Å². The molecule has 0 aliphatic carbocycles. The van der Waals surface area contributed by atoms with E-state index in [1.165, 1.54) is 6.07 Å². The summed E-state index contributed by atoms with van der Waals surface area (Å²) < 4.78 is 0.759. The fourth-order valence-corrected chi connectivity index (χ4v) is 2.57. The molecule has 1 fully saturated rings. The number of nitrogens with zero attached hydrogens (tertiary/aromatic N) is 2. The second-order valence-corrected chi connectivity index (χ2v) is 5.90. The van der Waals surface area contributed by atoms with E-state index in [0.29, 0.717) is 12.1 Å². The Hall–Kier alpha value is -1.11. The third-order valence-electron chi connectivity index (χ3n) is 3.50. The van der Waals surface area contributed by atoms with Crippen LogP contribution < -0.4 is 5.32 Å². The van der Waals surface area contributed by atoms with Crippen molar-refractivity contribution in [2.45, 2.75) is 0 Å². The number of phenols is 1. The number of benzene rings is 1. The second-order valence-electron chi connectivity index (χ2n) is 4.98. The van der Waals surface area contributed by atoms with Crippen molar-refractivity contribution in [3.8, 4) is 5.75 Å². The summed E-state index contributed by atoms with van der Waals surface area (Å²) in [6.45, 7) is 5.57. The van der Waals surface area contributed by atoms with Crippen LogP contribution in [0.2, 0.25) is 0 Å². The van der Waals surface area contributed by atoms with Crippen LogP contribution >= 0.6 is 15.9 Å². The van der Waals surface area contributed by atoms with Crippen molar-refractivity contribution < 1.29 is 9.90 Å². The first-order valence-corrected chi connectivity index (χ1v) is 7.54. The molecule has 5 nitrogen and oxygen atoms in total. The zero-order valence-corrected chi connectivity index (χ0v) is 13.2. The summed E-state index contributed by atoms with van der Waals surface area (Å²) in [5.41, 5.74) is 0.344. The lowest BCUT2D eigenvalue weighted by Gasteiger charge is -2.29. The van der Waals surface area contributed by atoms with Gasteiger partial charge in [0, 0.05) is 50.8 Å². The summed E-state index contributed by atoms with van der Waals surface area (Å²) in [4.78, 5) is 16.3. The van der Waals surface area contributed by atoms with E-state index < -0.39 is 0 Å². The molecule has 1 amide bonds. The van der Waals surface area contributed by atoms with Crippen molar-refractivity contribution in [2.75, 3.05) is 46.3 Å². The van der Waals surface area contributed by atoms with Crippen molar-refractivity contribution in [1.29, 1.82) is 0 Å². The van der Waals surface area contributed by atoms with Crippen molar-refractivity contribution in [1.82, 2.24) is 15.1 Å². The fraction of sp³-hybridized carbons (Fsp3) is 0.500. The summed E-state index contributed by atoms with van der Waals surface area (Å²) in [6.07, 6.45) is 0. The molecule has 2 N–H and O–H groups in total. The van der Waals surface area contributed by atoms with E-state index in [1.54, 1.807) is 24.1 Å². The minimum absolute atomic E-state index is 0.0124. The molecule has 1 aromatic carbocycles. The molecule has 0 saturated carbocycles. The summed E-state index contributed by atoms with van der Waals surface area (Å²) in [5, 5.41) is 13.1. The summed E-state index contributed by atoms with van der Waals surface area (Å²) in [5.74, 6) is -0.136. The molecule has 1 aromatic rings. The molecular weight excluding hydrogens is 322 g/mol. The van der Waals surface area contributed by atoms with Crippen LogP contribution in [0.1, 0.15) is 10.4 Å². The SMILES string of the molecule is CN(CCN1CCNCC1)C(=O)c1ccc(Br)cc1O. The van der Waals surface area contributed by atoms with Gasteiger partial charge in [-0.15, -0.1) is 0 Å². The quantitative estimate of drug-likeness (QED) is 0.862. The Labute approximate surface area is 127 Å². The number of hydrogen-bond donors (Lipinski definition) is 2. The number of phenolic OH excluding ortho intramolecular Hbond substituents is 1. The first-order valence-electron chi connectivity index (χ1n) is 6.75. The number of halogens is 1. The van der Waals surface area contributed by atoms with E-state index in [9.17, 15) is 9.90 Å². The molecule has 1 saturated heterocycles. The van der Waals surface area contributed by atoms with Gasteiger partial charge in [0.25, 0.3) is 5.91 Å². The molecule has 0 atom stereocenters. The van der Waals surface area contributed by atoms with Crippen molar-refractivity contribution in [3.63, 3.8) is 0 Å². The van der Waals surface area contributed by atoms with Gasteiger partial charge >= 0.3 is 0 Å². The molecule has 20 heavy (non-hydrogen) atoms. The molecule has 1 aliphatic heterocycles. The lowest BCUT2D eigenvalue weighted by Crippen LogP contribution is -2.46. The first-order chi connectivity index (χ1) is 9.58. The summed E-state index contributed by atoms with van der Waals surface area (Å²) >= 11 is 3.27. The van der Waals surface area contributed by atoms with E-state index in [0.717, 1.165) is 37.2 Å². The highest BCUT2D eigenvalue weighted by Crippen LogP contribution is 2.23. The van der Waals surface area contributed by atoms with E-state index >= 15 is 0 Å². The van der Waals surface area contributed by atoms with Crippen LogP contribution in [0.25, 0.3) is 0 Å². The maximum atomic E-state index is 12.3. The Morgan fingerprint density at radius 2 is 2.15 bits per heavy atom. The average Bonchev–Trinajstić information content (AvgIpc) is 2.45. The maximum Gasteiger partial charge on any atom is 0.257 e. The highest BCUT2D eigenvalue weighted by Gasteiger charge is 2.17. The van der Waals surface area contributed by atoms with Gasteiger partial charge in [0.15, 0.2) is 0 Å². The van der Waals surface area contributed by atoms with Gasteiger partial charge < -0.3 is 15.3 Å². The number of aromatic hydroxyl groups is 1. The molecular formula is C14H20BrN3O2. The number of amides is 1. The number of rotatable bonds is 4. The third kappa shape index (κ3) is 3.94. The minimum Gasteiger partial charge on any atom is -0.507 e. The highest BCUT2D eigenvalue weighted by molar-refractivity contribution is 9.10. The summed E-state index contributed by atoms with van der Waals surface area (Å²) in [7, 11) is 1.77. The molecule has 0 aromatic heterocycles. The molecule has 0 bridgehead atoms. The molecule has 2 rings (SSSR count). The monoisotopic (exact) mass is 341 g/mol. The van der Waals surface area contributed by atoms with Gasteiger partial charge in [-0.05, 0) is 18.2 Å². The third-order valence-corrected chi connectivity index (χ3v) is 3.99. The maximum absolute atomic E-state index is 12.3. The normalized spacial score (nSPS) is 16.1. The van der Waals surface area contributed by atoms with Gasteiger partial charge in [-0.3, -0.25) is 9.69 Å². The van der Waals surface area contributed by atoms with Gasteiger partial charge in [-0.1, -0.05) is 15.9 Å². The largest absolute Gasteiger partial charge is 0.507 e. The lowest BCUT2D eigenvalue weighted by molar-refractivity contribution is 0.0772. The molecule has 1 heterocycles. The van der Waals surface area contributed by atoms with Crippen molar-refractivity contribution in [2.24, 2.45) is 0 Å². The van der Waals surface area contributed by atoms with Crippen LogP contribution in [0.3, 0.4) is 0 Å². The molecule has 110 valence electrons. The van der Waals surface area contributed by atoms with Crippen LogP contribution in [-0.2, 0) is 0 Å². The van der Waals surface area contributed by atoms with Crippen molar-refractivity contribution >= 4 is 21.8 Å². The van der Waals surface area contributed by atoms with Gasteiger partial charge in [-0.25, -0.2) is 0 Å². The van der Waals surface area contributed by atoms with Gasteiger partial charge in [0.1, 0.15) is 5.75 Å². The topological polar surface area (TPSA) is 55.8 Å². The Bertz CT molecular complexity index is 475. The smallest absolute Gasteiger partial charge is 0.257 e.